The summed E-state index contributed by atoms with van der Waals surface area (Å²) in [5.74, 6) is 0. The van der Waals surface area contributed by atoms with E-state index in [0.29, 0.717) is 11.5 Å². The number of imidazole rings is 1. The third-order valence-corrected chi connectivity index (χ3v) is 5.38. The molecule has 3 aromatic heterocycles. The molecule has 0 amide bonds. The molecular formula is C11H11ClN4O2S2. The van der Waals surface area contributed by atoms with Crippen molar-refractivity contribution in [3.8, 4) is 0 Å². The highest BCUT2D eigenvalue weighted by Crippen LogP contribution is 2.24. The molecule has 1 N–H and O–H groups in total. The molecule has 0 spiro atoms. The standard InChI is InChI=1S/C11H11ClN4O2S2/c12-9-10(16-7-8-19-11(16)14-9)20(17,18)13-3-6-15-4-1-2-5-15/h1-2,4-5,7-8,13H,3,6H2. The molecule has 0 aliphatic heterocycles. The number of thiazole rings is 1. The minimum absolute atomic E-state index is 0.00897. The predicted molar refractivity (Wildman–Crippen MR) is 77.7 cm³/mol. The summed E-state index contributed by atoms with van der Waals surface area (Å²) in [6, 6.07) is 3.77. The molecule has 0 aliphatic rings. The number of fused-ring (bicyclic) bond motifs is 1. The van der Waals surface area contributed by atoms with Gasteiger partial charge in [0.1, 0.15) is 0 Å². The second kappa shape index (κ2) is 5.21. The van der Waals surface area contributed by atoms with Gasteiger partial charge in [-0.15, -0.1) is 11.3 Å². The van der Waals surface area contributed by atoms with Gasteiger partial charge in [0.2, 0.25) is 0 Å². The van der Waals surface area contributed by atoms with Crippen LogP contribution in [0.25, 0.3) is 4.96 Å². The summed E-state index contributed by atoms with van der Waals surface area (Å²) in [7, 11) is -3.69. The smallest absolute Gasteiger partial charge is 0.259 e. The zero-order valence-corrected chi connectivity index (χ0v) is 12.6. The van der Waals surface area contributed by atoms with Crippen LogP contribution < -0.4 is 4.72 Å². The van der Waals surface area contributed by atoms with Crippen LogP contribution in [-0.4, -0.2) is 28.9 Å². The normalized spacial score (nSPS) is 12.2. The van der Waals surface area contributed by atoms with Crippen LogP contribution in [0, 0.1) is 0 Å². The van der Waals surface area contributed by atoms with Gasteiger partial charge in [0.25, 0.3) is 10.0 Å². The second-order valence-electron chi connectivity index (χ2n) is 4.08. The van der Waals surface area contributed by atoms with Crippen molar-refractivity contribution < 1.29 is 8.42 Å². The molecule has 0 aliphatic carbocycles. The number of nitrogens with one attached hydrogen (secondary N) is 1. The first kappa shape index (κ1) is 13.6. The maximum atomic E-state index is 12.3. The first-order valence-electron chi connectivity index (χ1n) is 5.79. The molecule has 6 nitrogen and oxygen atoms in total. The fraction of sp³-hybridized carbons (Fsp3) is 0.182. The van der Waals surface area contributed by atoms with E-state index in [9.17, 15) is 8.42 Å². The Morgan fingerprint density at radius 1 is 1.30 bits per heavy atom. The Balaban J connectivity index is 1.81. The number of halogens is 1. The van der Waals surface area contributed by atoms with E-state index in [-0.39, 0.29) is 16.7 Å². The number of hydrogen-bond acceptors (Lipinski definition) is 4. The lowest BCUT2D eigenvalue weighted by atomic mass is 10.6. The minimum atomic E-state index is -3.69. The van der Waals surface area contributed by atoms with Gasteiger partial charge in [0.15, 0.2) is 15.1 Å². The van der Waals surface area contributed by atoms with Crippen molar-refractivity contribution in [2.24, 2.45) is 0 Å². The van der Waals surface area contributed by atoms with E-state index >= 15 is 0 Å². The van der Waals surface area contributed by atoms with Crippen molar-refractivity contribution in [3.05, 3.63) is 41.3 Å². The summed E-state index contributed by atoms with van der Waals surface area (Å²) in [4.78, 5) is 4.58. The zero-order valence-electron chi connectivity index (χ0n) is 10.2. The Morgan fingerprint density at radius 2 is 2.05 bits per heavy atom. The van der Waals surface area contributed by atoms with Crippen molar-refractivity contribution in [1.29, 1.82) is 0 Å². The van der Waals surface area contributed by atoms with E-state index in [1.54, 1.807) is 11.6 Å². The van der Waals surface area contributed by atoms with Crippen LogP contribution in [0.5, 0.6) is 0 Å². The summed E-state index contributed by atoms with van der Waals surface area (Å²) >= 11 is 7.25. The monoisotopic (exact) mass is 330 g/mol. The summed E-state index contributed by atoms with van der Waals surface area (Å²) in [5, 5.41) is 1.74. The van der Waals surface area contributed by atoms with Gasteiger partial charge in [0, 0.05) is 37.1 Å². The van der Waals surface area contributed by atoms with Crippen molar-refractivity contribution in [2.75, 3.05) is 6.54 Å². The van der Waals surface area contributed by atoms with Crippen LogP contribution in [0.3, 0.4) is 0 Å². The van der Waals surface area contributed by atoms with E-state index in [2.05, 4.69) is 9.71 Å². The molecule has 0 unspecified atom stereocenters. The summed E-state index contributed by atoms with van der Waals surface area (Å²) in [6.45, 7) is 0.833. The molecule has 0 saturated carbocycles. The maximum Gasteiger partial charge on any atom is 0.259 e. The van der Waals surface area contributed by atoms with E-state index < -0.39 is 10.0 Å². The number of sulfonamides is 1. The molecule has 0 atom stereocenters. The zero-order chi connectivity index (χ0) is 14.2. The number of rotatable bonds is 5. The molecule has 0 aromatic carbocycles. The molecule has 106 valence electrons. The summed E-state index contributed by atoms with van der Waals surface area (Å²) in [6.07, 6.45) is 5.38. The third-order valence-electron chi connectivity index (χ3n) is 2.76. The van der Waals surface area contributed by atoms with Gasteiger partial charge in [-0.25, -0.2) is 18.1 Å². The molecule has 20 heavy (non-hydrogen) atoms. The summed E-state index contributed by atoms with van der Waals surface area (Å²) in [5.41, 5.74) is 0. The number of aromatic nitrogens is 3. The molecule has 0 fully saturated rings. The molecule has 0 radical (unpaired) electrons. The van der Waals surface area contributed by atoms with Crippen LogP contribution in [0.2, 0.25) is 5.15 Å². The third kappa shape index (κ3) is 2.47. The average molecular weight is 331 g/mol. The molecule has 0 bridgehead atoms. The van der Waals surface area contributed by atoms with E-state index in [1.165, 1.54) is 15.7 Å². The van der Waals surface area contributed by atoms with Gasteiger partial charge in [-0.3, -0.25) is 4.40 Å². The van der Waals surface area contributed by atoms with Gasteiger partial charge in [-0.2, -0.15) is 0 Å². The minimum Gasteiger partial charge on any atom is -0.353 e. The van der Waals surface area contributed by atoms with Crippen LogP contribution >= 0.6 is 22.9 Å². The predicted octanol–water partition coefficient (Wildman–Crippen LogP) is 1.83. The highest BCUT2D eigenvalue weighted by atomic mass is 35.5. The van der Waals surface area contributed by atoms with Crippen LogP contribution in [0.1, 0.15) is 0 Å². The lowest BCUT2D eigenvalue weighted by Crippen LogP contribution is -2.28. The van der Waals surface area contributed by atoms with Gasteiger partial charge in [-0.1, -0.05) is 11.6 Å². The van der Waals surface area contributed by atoms with Crippen molar-refractivity contribution in [2.45, 2.75) is 11.6 Å². The lowest BCUT2D eigenvalue weighted by Gasteiger charge is -2.07. The highest BCUT2D eigenvalue weighted by Gasteiger charge is 2.24. The molecule has 3 aromatic rings. The Morgan fingerprint density at radius 3 is 2.80 bits per heavy atom. The lowest BCUT2D eigenvalue weighted by molar-refractivity contribution is 0.568. The topological polar surface area (TPSA) is 68.4 Å². The van der Waals surface area contributed by atoms with E-state index in [4.69, 9.17) is 11.6 Å². The van der Waals surface area contributed by atoms with Crippen molar-refractivity contribution in [1.82, 2.24) is 18.7 Å². The SMILES string of the molecule is O=S(=O)(NCCn1cccc1)c1c(Cl)nc2sccn12. The van der Waals surface area contributed by atoms with Crippen molar-refractivity contribution in [3.63, 3.8) is 0 Å². The Bertz CT molecular complexity index is 820. The highest BCUT2D eigenvalue weighted by molar-refractivity contribution is 7.89. The van der Waals surface area contributed by atoms with Crippen LogP contribution in [0.4, 0.5) is 0 Å². The average Bonchev–Trinajstić information content (AvgIpc) is 3.04. The molecular weight excluding hydrogens is 320 g/mol. The number of nitrogens with zero attached hydrogens (tertiary/aromatic N) is 3. The fourth-order valence-electron chi connectivity index (χ4n) is 1.88. The van der Waals surface area contributed by atoms with Crippen LogP contribution in [-0.2, 0) is 16.6 Å². The van der Waals surface area contributed by atoms with Gasteiger partial charge >= 0.3 is 0 Å². The first-order valence-corrected chi connectivity index (χ1v) is 8.53. The van der Waals surface area contributed by atoms with Gasteiger partial charge < -0.3 is 4.57 Å². The second-order valence-corrected chi connectivity index (χ2v) is 7.00. The van der Waals surface area contributed by atoms with Gasteiger partial charge in [0.05, 0.1) is 0 Å². The Kier molecular flexibility index (Phi) is 3.55. The van der Waals surface area contributed by atoms with Crippen molar-refractivity contribution >= 4 is 37.9 Å². The number of hydrogen-bond donors (Lipinski definition) is 1. The Hall–Kier alpha value is -1.35. The Labute approximate surface area is 124 Å². The molecule has 3 heterocycles. The quantitative estimate of drug-likeness (QED) is 0.776. The fourth-order valence-corrected chi connectivity index (χ4v) is 4.34. The molecule has 9 heteroatoms. The largest absolute Gasteiger partial charge is 0.353 e. The van der Waals surface area contributed by atoms with Gasteiger partial charge in [-0.05, 0) is 12.1 Å². The maximum absolute atomic E-state index is 12.3. The molecule has 3 rings (SSSR count). The van der Waals surface area contributed by atoms with Crippen LogP contribution in [0.15, 0.2) is 41.1 Å². The summed E-state index contributed by atoms with van der Waals surface area (Å²) < 4.78 is 30.5. The van der Waals surface area contributed by atoms with E-state index in [0.717, 1.165) is 0 Å². The first-order chi connectivity index (χ1) is 9.58. The molecule has 0 saturated heterocycles. The van der Waals surface area contributed by atoms with E-state index in [1.807, 2.05) is 29.1 Å².